The highest BCUT2D eigenvalue weighted by molar-refractivity contribution is 7.80. The van der Waals surface area contributed by atoms with Crippen LogP contribution in [0, 0.1) is 13.8 Å². The minimum absolute atomic E-state index is 0.103. The van der Waals surface area contributed by atoms with Crippen LogP contribution in [0.15, 0.2) is 66.3 Å². The molecule has 4 heterocycles. The monoisotopic (exact) mass is 461 g/mol. The van der Waals surface area contributed by atoms with Crippen molar-refractivity contribution in [1.82, 2.24) is 19.9 Å². The Morgan fingerprint density at radius 3 is 2.59 bits per heavy atom. The smallest absolute Gasteiger partial charge is 0.193 e. The van der Waals surface area contributed by atoms with Gasteiger partial charge in [0, 0.05) is 29.2 Å². The van der Waals surface area contributed by atoms with Crippen molar-refractivity contribution in [2.45, 2.75) is 25.9 Å². The number of nitrogens with one attached hydrogen (secondary N) is 1. The predicted octanol–water partition coefficient (Wildman–Crippen LogP) is 5.13. The Bertz CT molecular complexity index is 1250. The van der Waals surface area contributed by atoms with Gasteiger partial charge in [-0.25, -0.2) is 4.98 Å². The van der Waals surface area contributed by atoms with E-state index in [0.717, 1.165) is 33.7 Å². The summed E-state index contributed by atoms with van der Waals surface area (Å²) in [5.74, 6) is 0.775. The van der Waals surface area contributed by atoms with E-state index in [-0.39, 0.29) is 12.1 Å². The van der Waals surface area contributed by atoms with E-state index < -0.39 is 0 Å². The molecule has 2 atom stereocenters. The molecule has 6 nitrogen and oxygen atoms in total. The summed E-state index contributed by atoms with van der Waals surface area (Å²) < 4.78 is 7.90. The number of aryl methyl sites for hydroxylation is 1. The average molecular weight is 462 g/mol. The van der Waals surface area contributed by atoms with Gasteiger partial charge in [-0.05, 0) is 62.0 Å². The Kier molecular flexibility index (Phi) is 5.40. The molecule has 0 aliphatic carbocycles. The van der Waals surface area contributed by atoms with Gasteiger partial charge in [0.15, 0.2) is 10.2 Å². The molecule has 8 heteroatoms. The molecule has 5 rings (SSSR count). The lowest BCUT2D eigenvalue weighted by atomic mass is 9.96. The number of benzene rings is 1. The number of para-hydroxylation sites is 2. The summed E-state index contributed by atoms with van der Waals surface area (Å²) in [7, 11) is 1.69. The Morgan fingerprint density at radius 2 is 1.88 bits per heavy atom. The van der Waals surface area contributed by atoms with Crippen molar-refractivity contribution in [3.63, 3.8) is 0 Å². The zero-order valence-electron chi connectivity index (χ0n) is 18.0. The van der Waals surface area contributed by atoms with Crippen LogP contribution in [-0.2, 0) is 0 Å². The lowest BCUT2D eigenvalue weighted by Crippen LogP contribution is -2.30. The van der Waals surface area contributed by atoms with Crippen molar-refractivity contribution in [2.75, 3.05) is 12.0 Å². The van der Waals surface area contributed by atoms with Gasteiger partial charge in [-0.15, -0.1) is 11.3 Å². The molecule has 0 unspecified atom stereocenters. The number of nitrogens with zero attached hydrogens (tertiary/aromatic N) is 4. The molecule has 1 aliphatic heterocycles. The Balaban J connectivity index is 1.71. The lowest BCUT2D eigenvalue weighted by molar-refractivity contribution is 0.414. The van der Waals surface area contributed by atoms with Crippen molar-refractivity contribution < 1.29 is 4.74 Å². The molecule has 1 aliphatic rings. The van der Waals surface area contributed by atoms with Gasteiger partial charge in [0.1, 0.15) is 5.75 Å². The number of hydrogen-bond donors (Lipinski definition) is 1. The molecule has 1 N–H and O–H groups in total. The van der Waals surface area contributed by atoms with Crippen LogP contribution < -0.4 is 15.0 Å². The summed E-state index contributed by atoms with van der Waals surface area (Å²) in [6.45, 7) is 4.25. The number of methoxy groups -OCH3 is 1. The highest BCUT2D eigenvalue weighted by atomic mass is 32.1. The molecule has 0 bridgehead atoms. The predicted molar refractivity (Wildman–Crippen MR) is 132 cm³/mol. The maximum Gasteiger partial charge on any atom is 0.193 e. The highest BCUT2D eigenvalue weighted by Crippen LogP contribution is 2.46. The number of aromatic nitrogens is 3. The Hall–Kier alpha value is -3.23. The van der Waals surface area contributed by atoms with Gasteiger partial charge in [-0.1, -0.05) is 18.2 Å². The average Bonchev–Trinajstić information content (AvgIpc) is 3.52. The van der Waals surface area contributed by atoms with Gasteiger partial charge >= 0.3 is 0 Å². The number of pyridine rings is 1. The summed E-state index contributed by atoms with van der Waals surface area (Å²) in [6.07, 6.45) is 3.66. The summed E-state index contributed by atoms with van der Waals surface area (Å²) >= 11 is 7.49. The number of rotatable bonds is 5. The molecule has 162 valence electrons. The summed E-state index contributed by atoms with van der Waals surface area (Å²) in [5.41, 5.74) is 5.30. The van der Waals surface area contributed by atoms with E-state index in [1.807, 2.05) is 60.2 Å². The van der Waals surface area contributed by atoms with E-state index in [1.165, 1.54) is 5.56 Å². The molecule has 0 amide bonds. The largest absolute Gasteiger partial charge is 0.495 e. The first-order valence-electron chi connectivity index (χ1n) is 10.3. The number of anilines is 1. The molecule has 1 fully saturated rings. The number of ether oxygens (including phenoxy) is 1. The molecule has 1 aromatic carbocycles. The minimum atomic E-state index is -0.112. The molecule has 1 saturated heterocycles. The highest BCUT2D eigenvalue weighted by Gasteiger charge is 2.43. The summed E-state index contributed by atoms with van der Waals surface area (Å²) in [5, 5.41) is 7.13. The quantitative estimate of drug-likeness (QED) is 0.416. The molecule has 4 aromatic rings. The van der Waals surface area contributed by atoms with E-state index in [4.69, 9.17) is 17.0 Å². The van der Waals surface area contributed by atoms with Crippen LogP contribution in [0.3, 0.4) is 0 Å². The van der Waals surface area contributed by atoms with Gasteiger partial charge < -0.3 is 15.0 Å². The zero-order chi connectivity index (χ0) is 22.2. The Labute approximate surface area is 196 Å². The van der Waals surface area contributed by atoms with Crippen LogP contribution in [0.1, 0.15) is 34.7 Å². The van der Waals surface area contributed by atoms with Crippen molar-refractivity contribution in [2.24, 2.45) is 0 Å². The molecular formula is C24H23N5OS2. The van der Waals surface area contributed by atoms with E-state index in [9.17, 15) is 0 Å². The van der Waals surface area contributed by atoms with Crippen molar-refractivity contribution in [3.05, 3.63) is 88.9 Å². The van der Waals surface area contributed by atoms with Gasteiger partial charge in [0.25, 0.3) is 0 Å². The third kappa shape index (κ3) is 3.36. The summed E-state index contributed by atoms with van der Waals surface area (Å²) in [6, 6.07) is 16.0. The standard InChI is InChI=1S/C24H23N5OS2/c1-15-14-17(16(2)28(15)24-26-12-13-32-24)22-21(18-8-6-7-11-25-18)27-23(31)29(22)19-9-4-5-10-20(19)30-3/h4-14,21-22H,1-3H3,(H,27,31)/t21-,22-/m0/s1. The maximum atomic E-state index is 5.86. The second-order valence-electron chi connectivity index (χ2n) is 7.65. The molecule has 32 heavy (non-hydrogen) atoms. The van der Waals surface area contributed by atoms with Gasteiger partial charge in [0.2, 0.25) is 0 Å². The van der Waals surface area contributed by atoms with Crippen LogP contribution in [0.4, 0.5) is 5.69 Å². The molecule has 0 spiro atoms. The van der Waals surface area contributed by atoms with Gasteiger partial charge in [0.05, 0.1) is 30.6 Å². The summed E-state index contributed by atoms with van der Waals surface area (Å²) in [4.78, 5) is 11.3. The number of thiocarbonyl (C=S) groups is 1. The molecular weight excluding hydrogens is 438 g/mol. The lowest BCUT2D eigenvalue weighted by Gasteiger charge is -2.29. The van der Waals surface area contributed by atoms with Crippen LogP contribution in [0.2, 0.25) is 0 Å². The van der Waals surface area contributed by atoms with Crippen molar-refractivity contribution >= 4 is 34.4 Å². The topological polar surface area (TPSA) is 55.2 Å². The van der Waals surface area contributed by atoms with Crippen LogP contribution in [0.5, 0.6) is 5.75 Å². The number of thiazole rings is 1. The SMILES string of the molecule is COc1ccccc1N1C(=S)N[C@@H](c2ccccn2)[C@@H]1c1cc(C)n(-c2nccs2)c1C. The van der Waals surface area contributed by atoms with Gasteiger partial charge in [-0.3, -0.25) is 9.55 Å². The first-order chi connectivity index (χ1) is 15.6. The second kappa shape index (κ2) is 8.37. The van der Waals surface area contributed by atoms with E-state index >= 15 is 0 Å². The fraction of sp³-hybridized carbons (Fsp3) is 0.208. The minimum Gasteiger partial charge on any atom is -0.495 e. The van der Waals surface area contributed by atoms with E-state index in [1.54, 1.807) is 18.4 Å². The zero-order valence-corrected chi connectivity index (χ0v) is 19.7. The van der Waals surface area contributed by atoms with Crippen LogP contribution in [-0.4, -0.2) is 26.8 Å². The van der Waals surface area contributed by atoms with E-state index in [0.29, 0.717) is 5.11 Å². The fourth-order valence-electron chi connectivity index (χ4n) is 4.47. The van der Waals surface area contributed by atoms with E-state index in [2.05, 4.69) is 44.7 Å². The first kappa shape index (κ1) is 20.7. The fourth-order valence-corrected chi connectivity index (χ4v) is 5.56. The molecule has 0 radical (unpaired) electrons. The van der Waals surface area contributed by atoms with Crippen molar-refractivity contribution in [1.29, 1.82) is 0 Å². The second-order valence-corrected chi connectivity index (χ2v) is 8.90. The third-order valence-corrected chi connectivity index (χ3v) is 6.91. The maximum absolute atomic E-state index is 5.86. The first-order valence-corrected chi connectivity index (χ1v) is 11.6. The van der Waals surface area contributed by atoms with Crippen molar-refractivity contribution in [3.8, 4) is 10.9 Å². The van der Waals surface area contributed by atoms with Gasteiger partial charge in [-0.2, -0.15) is 0 Å². The Morgan fingerprint density at radius 1 is 1.06 bits per heavy atom. The number of hydrogen-bond acceptors (Lipinski definition) is 5. The van der Waals surface area contributed by atoms with Crippen LogP contribution >= 0.6 is 23.6 Å². The molecule has 0 saturated carbocycles. The third-order valence-electron chi connectivity index (χ3n) is 5.84. The van der Waals surface area contributed by atoms with Crippen LogP contribution in [0.25, 0.3) is 5.13 Å². The normalized spacial score (nSPS) is 18.1. The molecule has 3 aromatic heterocycles.